The van der Waals surface area contributed by atoms with E-state index in [1.807, 2.05) is 9.42 Å². The van der Waals surface area contributed by atoms with Crippen molar-refractivity contribution in [3.05, 3.63) is 59.9 Å². The Bertz CT molecular complexity index is 1420. The molecular formula is C28H33N7O. The maximum atomic E-state index is 11.8. The van der Waals surface area contributed by atoms with Gasteiger partial charge in [0, 0.05) is 45.1 Å². The molecule has 1 saturated carbocycles. The van der Waals surface area contributed by atoms with Crippen LogP contribution in [0.3, 0.4) is 0 Å². The molecule has 186 valence electrons. The first-order chi connectivity index (χ1) is 17.5. The first-order valence-electron chi connectivity index (χ1n) is 13.0. The highest BCUT2D eigenvalue weighted by Gasteiger charge is 2.30. The average Bonchev–Trinajstić information content (AvgIpc) is 3.65. The van der Waals surface area contributed by atoms with Gasteiger partial charge < -0.3 is 15.1 Å². The Hall–Kier alpha value is -3.68. The number of fused-ring (bicyclic) bond motifs is 2. The van der Waals surface area contributed by atoms with Crippen molar-refractivity contribution < 1.29 is 4.79 Å². The molecule has 0 unspecified atom stereocenters. The Morgan fingerprint density at radius 2 is 1.72 bits per heavy atom. The van der Waals surface area contributed by atoms with E-state index in [0.717, 1.165) is 43.4 Å². The summed E-state index contributed by atoms with van der Waals surface area (Å²) in [6, 6.07) is 17.4. The van der Waals surface area contributed by atoms with Crippen molar-refractivity contribution in [2.75, 3.05) is 36.4 Å². The first kappa shape index (κ1) is 22.8. The van der Waals surface area contributed by atoms with Gasteiger partial charge in [-0.05, 0) is 41.2 Å². The normalized spacial score (nSPS) is 17.2. The summed E-state index contributed by atoms with van der Waals surface area (Å²) in [4.78, 5) is 25.7. The lowest BCUT2D eigenvalue weighted by Gasteiger charge is -2.35. The Morgan fingerprint density at radius 1 is 0.972 bits per heavy atom. The number of piperazine rings is 1. The fourth-order valence-corrected chi connectivity index (χ4v) is 5.10. The molecule has 1 N–H and O–H groups in total. The quantitative estimate of drug-likeness (QED) is 0.431. The van der Waals surface area contributed by atoms with Gasteiger partial charge in [-0.15, -0.1) is 5.10 Å². The van der Waals surface area contributed by atoms with Gasteiger partial charge in [-0.2, -0.15) is 14.5 Å². The van der Waals surface area contributed by atoms with Gasteiger partial charge in [0.25, 0.3) is 5.78 Å². The number of hydrogen-bond acceptors (Lipinski definition) is 6. The van der Waals surface area contributed by atoms with E-state index in [4.69, 9.17) is 15.1 Å². The van der Waals surface area contributed by atoms with Crippen LogP contribution in [0.2, 0.25) is 0 Å². The van der Waals surface area contributed by atoms with Crippen LogP contribution in [0.5, 0.6) is 0 Å². The first-order valence-corrected chi connectivity index (χ1v) is 13.0. The topological polar surface area (TPSA) is 78.7 Å². The van der Waals surface area contributed by atoms with Crippen LogP contribution in [-0.4, -0.2) is 56.6 Å². The number of nitrogens with one attached hydrogen (secondary N) is 1. The number of benzene rings is 2. The zero-order chi connectivity index (χ0) is 24.8. The zero-order valence-electron chi connectivity index (χ0n) is 21.2. The lowest BCUT2D eigenvalue weighted by atomic mass is 9.94. The summed E-state index contributed by atoms with van der Waals surface area (Å²) in [7, 11) is 0. The second-order valence-electron chi connectivity index (χ2n) is 10.4. The van der Waals surface area contributed by atoms with Gasteiger partial charge in [-0.3, -0.25) is 4.79 Å². The second kappa shape index (κ2) is 9.08. The van der Waals surface area contributed by atoms with Crippen LogP contribution in [0.15, 0.2) is 48.5 Å². The fraction of sp³-hybridized carbons (Fsp3) is 0.429. The highest BCUT2D eigenvalue weighted by molar-refractivity contribution is 5.83. The molecule has 1 aliphatic carbocycles. The van der Waals surface area contributed by atoms with Gasteiger partial charge in [0.05, 0.1) is 6.04 Å². The lowest BCUT2D eigenvalue weighted by molar-refractivity contribution is -0.129. The highest BCUT2D eigenvalue weighted by atomic mass is 16.2. The number of aromatic nitrogens is 4. The number of carbonyl (C=O) groups is 1. The Morgan fingerprint density at radius 3 is 2.42 bits per heavy atom. The molecule has 1 saturated heterocycles. The van der Waals surface area contributed by atoms with Crippen molar-refractivity contribution >= 4 is 34.1 Å². The molecule has 1 amide bonds. The molecule has 8 heteroatoms. The van der Waals surface area contributed by atoms with Gasteiger partial charge in [0.1, 0.15) is 11.6 Å². The van der Waals surface area contributed by atoms with Crippen molar-refractivity contribution in [2.24, 2.45) is 5.92 Å². The summed E-state index contributed by atoms with van der Waals surface area (Å²) in [5.41, 5.74) is 1.24. The summed E-state index contributed by atoms with van der Waals surface area (Å²) in [6.07, 6.45) is 2.29. The third-order valence-electron chi connectivity index (χ3n) is 7.41. The highest BCUT2D eigenvalue weighted by Crippen LogP contribution is 2.39. The molecule has 2 aromatic carbocycles. The Kier molecular flexibility index (Phi) is 5.74. The lowest BCUT2D eigenvalue weighted by Crippen LogP contribution is -2.48. The SMILES string of the molecule is CC(=O)N1CCN(c2cc(N[C@@H](c3ccc4ccccc4c3)C(C)C)n3nc(C4CC4)nc3n2)CC1. The van der Waals surface area contributed by atoms with Crippen molar-refractivity contribution in [2.45, 2.75) is 45.6 Å². The second-order valence-corrected chi connectivity index (χ2v) is 10.4. The van der Waals surface area contributed by atoms with Crippen LogP contribution < -0.4 is 10.2 Å². The molecule has 2 fully saturated rings. The maximum Gasteiger partial charge on any atom is 0.256 e. The molecule has 2 aromatic heterocycles. The number of nitrogens with zero attached hydrogens (tertiary/aromatic N) is 6. The van der Waals surface area contributed by atoms with Crippen LogP contribution in [0, 0.1) is 5.92 Å². The van der Waals surface area contributed by atoms with Crippen molar-refractivity contribution in [3.63, 3.8) is 0 Å². The molecule has 1 atom stereocenters. The molecule has 36 heavy (non-hydrogen) atoms. The van der Waals surface area contributed by atoms with Crippen molar-refractivity contribution in [1.82, 2.24) is 24.5 Å². The predicted molar refractivity (Wildman–Crippen MR) is 142 cm³/mol. The molecule has 8 nitrogen and oxygen atoms in total. The minimum absolute atomic E-state index is 0.0937. The number of rotatable bonds is 6. The molecule has 0 spiro atoms. The van der Waals surface area contributed by atoms with E-state index in [1.54, 1.807) is 6.92 Å². The smallest absolute Gasteiger partial charge is 0.256 e. The Labute approximate surface area is 211 Å². The van der Waals surface area contributed by atoms with E-state index in [-0.39, 0.29) is 11.9 Å². The minimum atomic E-state index is 0.0937. The van der Waals surface area contributed by atoms with Crippen molar-refractivity contribution in [1.29, 1.82) is 0 Å². The third-order valence-corrected chi connectivity index (χ3v) is 7.41. The molecule has 1 aliphatic heterocycles. The fourth-order valence-electron chi connectivity index (χ4n) is 5.10. The van der Waals surface area contributed by atoms with Crippen LogP contribution in [-0.2, 0) is 4.79 Å². The number of hydrogen-bond donors (Lipinski definition) is 1. The van der Waals surface area contributed by atoms with Crippen LogP contribution >= 0.6 is 0 Å². The number of amides is 1. The summed E-state index contributed by atoms with van der Waals surface area (Å²) < 4.78 is 1.87. The molecule has 3 heterocycles. The van der Waals surface area contributed by atoms with Crippen LogP contribution in [0.25, 0.3) is 16.6 Å². The van der Waals surface area contributed by atoms with Gasteiger partial charge in [0.15, 0.2) is 5.82 Å². The van der Waals surface area contributed by atoms with E-state index >= 15 is 0 Å². The molecule has 6 rings (SSSR count). The molecule has 0 radical (unpaired) electrons. The summed E-state index contributed by atoms with van der Waals surface area (Å²) in [6.45, 7) is 9.03. The predicted octanol–water partition coefficient (Wildman–Crippen LogP) is 4.63. The maximum absolute atomic E-state index is 11.8. The largest absolute Gasteiger partial charge is 0.363 e. The van der Waals surface area contributed by atoms with Gasteiger partial charge >= 0.3 is 0 Å². The van der Waals surface area contributed by atoms with E-state index in [1.165, 1.54) is 16.3 Å². The van der Waals surface area contributed by atoms with Gasteiger partial charge in [-0.25, -0.2) is 0 Å². The minimum Gasteiger partial charge on any atom is -0.363 e. The monoisotopic (exact) mass is 483 g/mol. The Balaban J connectivity index is 1.37. The summed E-state index contributed by atoms with van der Waals surface area (Å²) >= 11 is 0. The van der Waals surface area contributed by atoms with Crippen molar-refractivity contribution in [3.8, 4) is 0 Å². The standard InChI is InChI=1S/C28H33N7O/c1-18(2)26(23-11-8-20-6-4-5-7-22(20)16-23)29-25-17-24(34-14-12-33(13-15-34)19(3)36)30-28-31-27(21-9-10-21)32-35(25)28/h4-8,11,16-18,21,26,29H,9-10,12-15H2,1-3H3/t26-/m1/s1. The summed E-state index contributed by atoms with van der Waals surface area (Å²) in [5.74, 6) is 4.22. The van der Waals surface area contributed by atoms with E-state index in [0.29, 0.717) is 30.7 Å². The van der Waals surface area contributed by atoms with Crippen LogP contribution in [0.4, 0.5) is 11.6 Å². The number of anilines is 2. The molecular weight excluding hydrogens is 450 g/mol. The average molecular weight is 484 g/mol. The summed E-state index contributed by atoms with van der Waals surface area (Å²) in [5, 5.41) is 11.2. The third kappa shape index (κ3) is 4.36. The number of carbonyl (C=O) groups excluding carboxylic acids is 1. The molecule has 0 bridgehead atoms. The van der Waals surface area contributed by atoms with Gasteiger partial charge in [0.2, 0.25) is 5.91 Å². The molecule has 2 aliphatic rings. The van der Waals surface area contributed by atoms with Gasteiger partial charge in [-0.1, -0.05) is 50.2 Å². The van der Waals surface area contributed by atoms with E-state index in [2.05, 4.69) is 72.6 Å². The van der Waals surface area contributed by atoms with E-state index in [9.17, 15) is 4.79 Å². The van der Waals surface area contributed by atoms with E-state index < -0.39 is 0 Å². The zero-order valence-corrected chi connectivity index (χ0v) is 21.2. The molecule has 4 aromatic rings. The van der Waals surface area contributed by atoms with Crippen LogP contribution in [0.1, 0.15) is 57.0 Å².